The van der Waals surface area contributed by atoms with E-state index in [-0.39, 0.29) is 0 Å². The number of aryl methyl sites for hydroxylation is 2. The van der Waals surface area contributed by atoms with Crippen molar-refractivity contribution in [1.82, 2.24) is 0 Å². The molecule has 1 aromatic rings. The Hall–Kier alpha value is -1.10. The number of aliphatic hydroxyl groups excluding tert-OH is 1. The van der Waals surface area contributed by atoms with Crippen molar-refractivity contribution in [3.05, 3.63) is 29.3 Å². The minimum Gasteiger partial charge on any atom is -0.493 e. The molecule has 0 amide bonds. The van der Waals surface area contributed by atoms with Crippen molar-refractivity contribution in [2.75, 3.05) is 13.2 Å². The van der Waals surface area contributed by atoms with Gasteiger partial charge in [-0.05, 0) is 49.8 Å². The first-order valence-electron chi connectivity index (χ1n) is 8.83. The molecule has 4 N–H and O–H groups in total. The van der Waals surface area contributed by atoms with E-state index in [2.05, 4.69) is 26.0 Å². The van der Waals surface area contributed by atoms with Crippen LogP contribution in [0.25, 0.3) is 0 Å². The third-order valence-electron chi connectivity index (χ3n) is 4.09. The van der Waals surface area contributed by atoms with Gasteiger partial charge in [-0.25, -0.2) is 0 Å². The van der Waals surface area contributed by atoms with E-state index in [1.165, 1.54) is 31.2 Å². The molecule has 1 unspecified atom stereocenters. The standard InChI is InChI=1S/C19H33NO3/c1-3-4-5-6-7-13-23-18-11-10-17(14-16(18)2)9-8-12-19(20,22)15-21/h10-11,14,21-22H,3-9,12-13,15,20H2,1-2H3. The Morgan fingerprint density at radius 3 is 2.52 bits per heavy atom. The highest BCUT2D eigenvalue weighted by Gasteiger charge is 2.18. The van der Waals surface area contributed by atoms with E-state index in [0.717, 1.165) is 37.2 Å². The fourth-order valence-electron chi connectivity index (χ4n) is 2.59. The Labute approximate surface area is 140 Å². The first kappa shape index (κ1) is 19.9. The number of unbranched alkanes of at least 4 members (excludes halogenated alkanes) is 4. The van der Waals surface area contributed by atoms with Crippen molar-refractivity contribution in [3.8, 4) is 5.75 Å². The van der Waals surface area contributed by atoms with E-state index in [1.807, 2.05) is 6.07 Å². The molecular weight excluding hydrogens is 290 g/mol. The predicted molar refractivity (Wildman–Crippen MR) is 94.6 cm³/mol. The highest BCUT2D eigenvalue weighted by molar-refractivity contribution is 5.36. The average molecular weight is 323 g/mol. The number of benzene rings is 1. The van der Waals surface area contributed by atoms with Crippen molar-refractivity contribution < 1.29 is 14.9 Å². The van der Waals surface area contributed by atoms with Gasteiger partial charge in [-0.1, -0.05) is 44.7 Å². The van der Waals surface area contributed by atoms with Gasteiger partial charge >= 0.3 is 0 Å². The Bertz CT molecular complexity index is 446. The van der Waals surface area contributed by atoms with Crippen LogP contribution >= 0.6 is 0 Å². The highest BCUT2D eigenvalue weighted by Crippen LogP contribution is 2.21. The minimum atomic E-state index is -1.46. The van der Waals surface area contributed by atoms with Gasteiger partial charge in [-0.15, -0.1) is 0 Å². The van der Waals surface area contributed by atoms with E-state index >= 15 is 0 Å². The van der Waals surface area contributed by atoms with Gasteiger partial charge in [0, 0.05) is 0 Å². The first-order valence-corrected chi connectivity index (χ1v) is 8.83. The molecule has 0 spiro atoms. The van der Waals surface area contributed by atoms with Crippen LogP contribution in [0.3, 0.4) is 0 Å². The molecule has 1 rings (SSSR count). The van der Waals surface area contributed by atoms with Gasteiger partial charge in [0.1, 0.15) is 11.5 Å². The topological polar surface area (TPSA) is 75.7 Å². The number of rotatable bonds is 12. The molecular formula is C19H33NO3. The zero-order valence-electron chi connectivity index (χ0n) is 14.7. The molecule has 1 aromatic carbocycles. The number of aliphatic hydroxyl groups is 2. The van der Waals surface area contributed by atoms with Crippen LogP contribution in [0.1, 0.15) is 63.0 Å². The molecule has 0 aliphatic rings. The molecule has 0 radical (unpaired) electrons. The normalized spacial score (nSPS) is 13.8. The Morgan fingerprint density at radius 1 is 1.13 bits per heavy atom. The summed E-state index contributed by atoms with van der Waals surface area (Å²) < 4.78 is 5.86. The first-order chi connectivity index (χ1) is 11.0. The smallest absolute Gasteiger partial charge is 0.136 e. The van der Waals surface area contributed by atoms with Gasteiger partial charge in [0.05, 0.1) is 13.2 Å². The number of nitrogens with two attached hydrogens (primary N) is 1. The summed E-state index contributed by atoms with van der Waals surface area (Å²) in [6, 6.07) is 6.21. The lowest BCUT2D eigenvalue weighted by Crippen LogP contribution is -2.43. The van der Waals surface area contributed by atoms with E-state index in [9.17, 15) is 5.11 Å². The number of hydrogen-bond acceptors (Lipinski definition) is 4. The van der Waals surface area contributed by atoms with Gasteiger partial charge in [0.15, 0.2) is 0 Å². The molecule has 0 saturated heterocycles. The van der Waals surface area contributed by atoms with Crippen molar-refractivity contribution in [2.45, 2.75) is 70.9 Å². The maximum Gasteiger partial charge on any atom is 0.136 e. The third kappa shape index (κ3) is 8.35. The molecule has 0 aromatic heterocycles. The quantitative estimate of drug-likeness (QED) is 0.407. The van der Waals surface area contributed by atoms with Gasteiger partial charge in [0.2, 0.25) is 0 Å². The fraction of sp³-hybridized carbons (Fsp3) is 0.684. The Morgan fingerprint density at radius 2 is 1.87 bits per heavy atom. The average Bonchev–Trinajstić information content (AvgIpc) is 2.52. The van der Waals surface area contributed by atoms with E-state index in [1.54, 1.807) is 0 Å². The van der Waals surface area contributed by atoms with Crippen molar-refractivity contribution in [2.24, 2.45) is 5.73 Å². The summed E-state index contributed by atoms with van der Waals surface area (Å²) in [4.78, 5) is 0. The fourth-order valence-corrected chi connectivity index (χ4v) is 2.59. The predicted octanol–water partition coefficient (Wildman–Crippen LogP) is 3.31. The lowest BCUT2D eigenvalue weighted by molar-refractivity contribution is -0.0172. The van der Waals surface area contributed by atoms with Crippen molar-refractivity contribution in [1.29, 1.82) is 0 Å². The second-order valence-electron chi connectivity index (χ2n) is 6.48. The molecule has 0 aliphatic carbocycles. The van der Waals surface area contributed by atoms with E-state index < -0.39 is 12.3 Å². The second-order valence-corrected chi connectivity index (χ2v) is 6.48. The Balaban J connectivity index is 2.33. The lowest BCUT2D eigenvalue weighted by atomic mass is 10.0. The summed E-state index contributed by atoms with van der Waals surface area (Å²) in [5, 5.41) is 18.5. The summed E-state index contributed by atoms with van der Waals surface area (Å²) in [5.74, 6) is 0.954. The lowest BCUT2D eigenvalue weighted by Gasteiger charge is -2.19. The van der Waals surface area contributed by atoms with Crippen LogP contribution in [-0.2, 0) is 6.42 Å². The van der Waals surface area contributed by atoms with Crippen LogP contribution < -0.4 is 10.5 Å². The molecule has 0 saturated carbocycles. The van der Waals surface area contributed by atoms with Crippen molar-refractivity contribution in [3.63, 3.8) is 0 Å². The molecule has 4 heteroatoms. The molecule has 0 fully saturated rings. The summed E-state index contributed by atoms with van der Waals surface area (Å²) >= 11 is 0. The van der Waals surface area contributed by atoms with Crippen LogP contribution in [0.4, 0.5) is 0 Å². The highest BCUT2D eigenvalue weighted by atomic mass is 16.5. The van der Waals surface area contributed by atoms with Gasteiger partial charge in [-0.2, -0.15) is 0 Å². The molecule has 0 aliphatic heterocycles. The molecule has 0 bridgehead atoms. The van der Waals surface area contributed by atoms with Gasteiger partial charge in [-0.3, -0.25) is 0 Å². The SMILES string of the molecule is CCCCCCCOc1ccc(CCCC(N)(O)CO)cc1C. The molecule has 0 heterocycles. The summed E-state index contributed by atoms with van der Waals surface area (Å²) in [5.41, 5.74) is 6.40. The molecule has 132 valence electrons. The Kier molecular flexibility index (Phi) is 9.22. The monoisotopic (exact) mass is 323 g/mol. The maximum atomic E-state index is 9.58. The third-order valence-corrected chi connectivity index (χ3v) is 4.09. The minimum absolute atomic E-state index is 0.387. The summed E-state index contributed by atoms with van der Waals surface area (Å²) in [6.45, 7) is 4.65. The molecule has 23 heavy (non-hydrogen) atoms. The largest absolute Gasteiger partial charge is 0.493 e. The van der Waals surface area contributed by atoms with Gasteiger partial charge in [0.25, 0.3) is 0 Å². The number of hydrogen-bond donors (Lipinski definition) is 3. The van der Waals surface area contributed by atoms with E-state index in [0.29, 0.717) is 6.42 Å². The zero-order chi connectivity index (χ0) is 17.1. The second kappa shape index (κ2) is 10.6. The van der Waals surface area contributed by atoms with E-state index in [4.69, 9.17) is 15.6 Å². The van der Waals surface area contributed by atoms with Crippen LogP contribution in [0.5, 0.6) is 5.75 Å². The number of ether oxygens (including phenoxy) is 1. The van der Waals surface area contributed by atoms with Crippen LogP contribution in [0.15, 0.2) is 18.2 Å². The zero-order valence-corrected chi connectivity index (χ0v) is 14.7. The van der Waals surface area contributed by atoms with Crippen LogP contribution in [0.2, 0.25) is 0 Å². The summed E-state index contributed by atoms with van der Waals surface area (Å²) in [6.07, 6.45) is 8.17. The van der Waals surface area contributed by atoms with Crippen molar-refractivity contribution >= 4 is 0 Å². The maximum absolute atomic E-state index is 9.58. The summed E-state index contributed by atoms with van der Waals surface area (Å²) in [7, 11) is 0. The van der Waals surface area contributed by atoms with Gasteiger partial charge < -0.3 is 20.7 Å². The molecule has 4 nitrogen and oxygen atoms in total. The van der Waals surface area contributed by atoms with Crippen LogP contribution in [0, 0.1) is 6.92 Å². The molecule has 1 atom stereocenters. The van der Waals surface area contributed by atoms with Crippen LogP contribution in [-0.4, -0.2) is 29.2 Å².